The second-order valence-corrected chi connectivity index (χ2v) is 4.21. The van der Waals surface area contributed by atoms with Gasteiger partial charge in [0.25, 0.3) is 0 Å². The smallest absolute Gasteiger partial charge is 0.246 e. The minimum atomic E-state index is -0.894. The Morgan fingerprint density at radius 2 is 2.33 bits per heavy atom. The van der Waals surface area contributed by atoms with Gasteiger partial charge in [0.2, 0.25) is 5.91 Å². The fourth-order valence-electron chi connectivity index (χ4n) is 1.79. The Hall–Kier alpha value is -1.92. The van der Waals surface area contributed by atoms with Gasteiger partial charge in [-0.1, -0.05) is 0 Å². The number of benzene rings is 1. The van der Waals surface area contributed by atoms with Gasteiger partial charge in [-0.3, -0.25) is 4.79 Å². The average molecular weight is 248 g/mol. The van der Waals surface area contributed by atoms with E-state index in [0.717, 1.165) is 16.9 Å². The first-order valence-corrected chi connectivity index (χ1v) is 5.63. The van der Waals surface area contributed by atoms with E-state index >= 15 is 0 Å². The number of carbonyl (C=O) groups is 1. The molecule has 0 bridgehead atoms. The maximum absolute atomic E-state index is 11.8. The number of hydrogen-bond acceptors (Lipinski definition) is 4. The summed E-state index contributed by atoms with van der Waals surface area (Å²) < 4.78 is 0. The number of aliphatic hydroxyl groups excluding tert-OH is 1. The van der Waals surface area contributed by atoms with Gasteiger partial charge in [-0.05, 0) is 25.1 Å². The van der Waals surface area contributed by atoms with Crippen LogP contribution < -0.4 is 10.6 Å². The Bertz CT molecular complexity index is 578. The second-order valence-electron chi connectivity index (χ2n) is 4.21. The Balaban J connectivity index is 2.32. The molecule has 1 amide bonds. The van der Waals surface area contributed by atoms with Crippen LogP contribution in [0.2, 0.25) is 0 Å². The molecule has 0 saturated heterocycles. The third kappa shape index (κ3) is 2.20. The molecule has 0 aliphatic heterocycles. The molecule has 0 fully saturated rings. The van der Waals surface area contributed by atoms with Gasteiger partial charge < -0.3 is 20.7 Å². The highest BCUT2D eigenvalue weighted by molar-refractivity contribution is 5.98. The van der Waals surface area contributed by atoms with Crippen LogP contribution >= 0.6 is 0 Å². The third-order valence-corrected chi connectivity index (χ3v) is 2.82. The number of likely N-dealkylation sites (N-methyl/N-ethyl adjacent to an activating group) is 1. The lowest BCUT2D eigenvalue weighted by Crippen LogP contribution is -2.44. The van der Waals surface area contributed by atoms with E-state index in [4.69, 9.17) is 10.8 Å². The third-order valence-electron chi connectivity index (χ3n) is 2.82. The Morgan fingerprint density at radius 1 is 1.61 bits per heavy atom. The molecule has 1 unspecified atom stereocenters. The number of aryl methyl sites for hydroxylation is 1. The van der Waals surface area contributed by atoms with Gasteiger partial charge in [0.1, 0.15) is 11.9 Å². The van der Waals surface area contributed by atoms with Crippen molar-refractivity contribution in [1.29, 1.82) is 0 Å². The molecular weight excluding hydrogens is 232 g/mol. The van der Waals surface area contributed by atoms with Gasteiger partial charge in [0, 0.05) is 12.7 Å². The number of rotatable bonds is 3. The first kappa shape index (κ1) is 12.5. The highest BCUT2D eigenvalue weighted by Gasteiger charge is 2.18. The number of fused-ring (bicyclic) bond motifs is 1. The summed E-state index contributed by atoms with van der Waals surface area (Å²) in [6.07, 6.45) is 0. The summed E-state index contributed by atoms with van der Waals surface area (Å²) in [6, 6.07) is 4.57. The number of H-pyrrole nitrogens is 1. The fraction of sp³-hybridized carbons (Fsp3) is 0.333. The van der Waals surface area contributed by atoms with Gasteiger partial charge in [0.05, 0.1) is 17.6 Å². The topological polar surface area (TPSA) is 95.2 Å². The van der Waals surface area contributed by atoms with Crippen molar-refractivity contribution in [1.82, 2.24) is 9.97 Å². The molecule has 1 aromatic heterocycles. The van der Waals surface area contributed by atoms with Crippen LogP contribution in [0, 0.1) is 6.92 Å². The van der Waals surface area contributed by atoms with Crippen LogP contribution in [-0.4, -0.2) is 40.7 Å². The van der Waals surface area contributed by atoms with E-state index < -0.39 is 6.04 Å². The predicted molar refractivity (Wildman–Crippen MR) is 69.3 cm³/mol. The van der Waals surface area contributed by atoms with Gasteiger partial charge in [0.15, 0.2) is 0 Å². The van der Waals surface area contributed by atoms with Crippen molar-refractivity contribution in [3.8, 4) is 0 Å². The lowest BCUT2D eigenvalue weighted by molar-refractivity contribution is -0.120. The summed E-state index contributed by atoms with van der Waals surface area (Å²) in [4.78, 5) is 20.7. The predicted octanol–water partition coefficient (Wildman–Crippen LogP) is 0.154. The van der Waals surface area contributed by atoms with Crippen molar-refractivity contribution in [3.63, 3.8) is 0 Å². The van der Waals surface area contributed by atoms with E-state index in [1.165, 1.54) is 4.90 Å². The summed E-state index contributed by atoms with van der Waals surface area (Å²) in [5.74, 6) is 0.497. The number of aromatic nitrogens is 2. The van der Waals surface area contributed by atoms with E-state index in [1.54, 1.807) is 13.1 Å². The molecule has 6 nitrogen and oxygen atoms in total. The van der Waals surface area contributed by atoms with Crippen LogP contribution in [0.4, 0.5) is 5.69 Å². The molecule has 0 radical (unpaired) electrons. The van der Waals surface area contributed by atoms with Crippen LogP contribution in [-0.2, 0) is 4.79 Å². The number of nitrogens with zero attached hydrogens (tertiary/aromatic N) is 2. The standard InChI is InChI=1S/C12H16N4O2/c1-7-14-10-4-3-8(5-11(10)15-7)16(2)12(18)9(13)6-17/h3-5,9,17H,6,13H2,1-2H3,(H,14,15). The minimum absolute atomic E-state index is 0.326. The number of hydrogen-bond donors (Lipinski definition) is 3. The van der Waals surface area contributed by atoms with Crippen LogP contribution in [0.25, 0.3) is 11.0 Å². The zero-order valence-electron chi connectivity index (χ0n) is 10.3. The van der Waals surface area contributed by atoms with Gasteiger partial charge in [-0.2, -0.15) is 0 Å². The number of carbonyl (C=O) groups excluding carboxylic acids is 1. The lowest BCUT2D eigenvalue weighted by atomic mass is 10.2. The molecule has 18 heavy (non-hydrogen) atoms. The van der Waals surface area contributed by atoms with E-state index in [0.29, 0.717) is 5.69 Å². The Kier molecular flexibility index (Phi) is 3.31. The molecule has 1 atom stereocenters. The van der Waals surface area contributed by atoms with Crippen molar-refractivity contribution in [2.24, 2.45) is 5.73 Å². The van der Waals surface area contributed by atoms with Crippen molar-refractivity contribution >= 4 is 22.6 Å². The highest BCUT2D eigenvalue weighted by Crippen LogP contribution is 2.20. The van der Waals surface area contributed by atoms with Gasteiger partial charge in [-0.25, -0.2) is 4.98 Å². The highest BCUT2D eigenvalue weighted by atomic mass is 16.3. The van der Waals surface area contributed by atoms with Crippen LogP contribution in [0.5, 0.6) is 0 Å². The molecule has 1 heterocycles. The normalized spacial score (nSPS) is 12.7. The zero-order chi connectivity index (χ0) is 13.3. The monoisotopic (exact) mass is 248 g/mol. The van der Waals surface area contributed by atoms with Crippen LogP contribution in [0.15, 0.2) is 18.2 Å². The average Bonchev–Trinajstić information content (AvgIpc) is 2.74. The molecule has 2 rings (SSSR count). The number of nitrogens with one attached hydrogen (secondary N) is 1. The fourth-order valence-corrected chi connectivity index (χ4v) is 1.79. The summed E-state index contributed by atoms with van der Waals surface area (Å²) in [6.45, 7) is 1.50. The summed E-state index contributed by atoms with van der Waals surface area (Å²) >= 11 is 0. The van der Waals surface area contributed by atoms with E-state index in [-0.39, 0.29) is 12.5 Å². The van der Waals surface area contributed by atoms with Crippen molar-refractivity contribution in [3.05, 3.63) is 24.0 Å². The second kappa shape index (κ2) is 4.75. The van der Waals surface area contributed by atoms with E-state index in [9.17, 15) is 4.79 Å². The first-order valence-electron chi connectivity index (χ1n) is 5.63. The molecule has 1 aromatic carbocycles. The largest absolute Gasteiger partial charge is 0.394 e. The minimum Gasteiger partial charge on any atom is -0.394 e. The molecule has 2 aromatic rings. The molecule has 0 spiro atoms. The Labute approximate surface area is 104 Å². The molecule has 6 heteroatoms. The molecule has 0 saturated carbocycles. The maximum atomic E-state index is 11.8. The van der Waals surface area contributed by atoms with Crippen molar-refractivity contribution in [2.45, 2.75) is 13.0 Å². The number of anilines is 1. The number of imidazole rings is 1. The van der Waals surface area contributed by atoms with Crippen LogP contribution in [0.3, 0.4) is 0 Å². The molecule has 4 N–H and O–H groups in total. The summed E-state index contributed by atoms with van der Waals surface area (Å²) in [7, 11) is 1.63. The number of aromatic amines is 1. The number of aliphatic hydroxyl groups is 1. The Morgan fingerprint density at radius 3 is 3.00 bits per heavy atom. The zero-order valence-corrected chi connectivity index (χ0v) is 10.3. The SMILES string of the molecule is Cc1nc2ccc(N(C)C(=O)C(N)CO)cc2[nH]1. The molecular formula is C12H16N4O2. The first-order chi connectivity index (χ1) is 8.52. The van der Waals surface area contributed by atoms with E-state index in [2.05, 4.69) is 9.97 Å². The van der Waals surface area contributed by atoms with E-state index in [1.807, 2.05) is 19.1 Å². The molecule has 0 aliphatic carbocycles. The van der Waals surface area contributed by atoms with Crippen molar-refractivity contribution < 1.29 is 9.90 Å². The van der Waals surface area contributed by atoms with Gasteiger partial charge >= 0.3 is 0 Å². The van der Waals surface area contributed by atoms with Gasteiger partial charge in [-0.15, -0.1) is 0 Å². The maximum Gasteiger partial charge on any atom is 0.246 e. The number of amides is 1. The molecule has 0 aliphatic rings. The van der Waals surface area contributed by atoms with Crippen molar-refractivity contribution in [2.75, 3.05) is 18.6 Å². The summed E-state index contributed by atoms with van der Waals surface area (Å²) in [5.41, 5.74) is 7.93. The number of nitrogens with two attached hydrogens (primary N) is 1. The van der Waals surface area contributed by atoms with Crippen LogP contribution in [0.1, 0.15) is 5.82 Å². The lowest BCUT2D eigenvalue weighted by Gasteiger charge is -2.20. The summed E-state index contributed by atoms with van der Waals surface area (Å²) in [5, 5.41) is 8.89. The quantitative estimate of drug-likeness (QED) is 0.720. The molecule has 96 valence electrons.